The fraction of sp³-hybridized carbons (Fsp3) is 0.286. The topological polar surface area (TPSA) is 67.9 Å². The average Bonchev–Trinajstić information content (AvgIpc) is 2.89. The third-order valence-electron chi connectivity index (χ3n) is 6.50. The van der Waals surface area contributed by atoms with Crippen LogP contribution < -0.4 is 14.8 Å². The standard InChI is InChI=1S/C28H25ClF4N2O4/c1-38-19-5-8-24(39-2)18(13-19)14-26(37)35-10-9-20-17(15-35)4-7-22(29)27(20)34-25(36)12-16-3-6-21(23(30)11-16)28(31,32)33/h3-8,11,13H,9-10,12,14-15H2,1-2H3,(H,34,36). The Morgan fingerprint density at radius 3 is 2.46 bits per heavy atom. The molecule has 3 aromatic carbocycles. The fourth-order valence-electron chi connectivity index (χ4n) is 4.54. The van der Waals surface area contributed by atoms with E-state index in [9.17, 15) is 27.2 Å². The normalized spacial score (nSPS) is 13.1. The largest absolute Gasteiger partial charge is 0.497 e. The van der Waals surface area contributed by atoms with Crippen LogP contribution in [0.25, 0.3) is 0 Å². The van der Waals surface area contributed by atoms with E-state index in [4.69, 9.17) is 21.1 Å². The maximum Gasteiger partial charge on any atom is 0.419 e. The molecule has 1 aliphatic rings. The first-order valence-corrected chi connectivity index (χ1v) is 12.3. The molecule has 0 unspecified atom stereocenters. The van der Waals surface area contributed by atoms with E-state index < -0.39 is 23.5 Å². The number of carbonyl (C=O) groups excluding carboxylic acids is 2. The molecule has 39 heavy (non-hydrogen) atoms. The molecule has 1 heterocycles. The molecule has 2 amide bonds. The molecule has 0 aromatic heterocycles. The summed E-state index contributed by atoms with van der Waals surface area (Å²) in [5, 5.41) is 2.99. The summed E-state index contributed by atoms with van der Waals surface area (Å²) in [4.78, 5) is 27.5. The second kappa shape index (κ2) is 11.5. The van der Waals surface area contributed by atoms with Crippen molar-refractivity contribution >= 4 is 29.1 Å². The zero-order valence-electron chi connectivity index (χ0n) is 21.1. The Hall–Kier alpha value is -3.79. The number of benzene rings is 3. The zero-order chi connectivity index (χ0) is 28.3. The van der Waals surface area contributed by atoms with Gasteiger partial charge in [0, 0.05) is 18.7 Å². The molecule has 0 fully saturated rings. The van der Waals surface area contributed by atoms with E-state index in [0.29, 0.717) is 54.4 Å². The molecule has 6 nitrogen and oxygen atoms in total. The summed E-state index contributed by atoms with van der Waals surface area (Å²) in [6.45, 7) is 0.677. The van der Waals surface area contributed by atoms with Crippen molar-refractivity contribution in [1.29, 1.82) is 0 Å². The molecule has 0 atom stereocenters. The van der Waals surface area contributed by atoms with Gasteiger partial charge in [-0.25, -0.2) is 4.39 Å². The van der Waals surface area contributed by atoms with Crippen molar-refractivity contribution in [2.75, 3.05) is 26.1 Å². The lowest BCUT2D eigenvalue weighted by Crippen LogP contribution is -2.37. The van der Waals surface area contributed by atoms with E-state index in [1.165, 1.54) is 14.2 Å². The van der Waals surface area contributed by atoms with Crippen LogP contribution in [0.4, 0.5) is 23.2 Å². The highest BCUT2D eigenvalue weighted by Gasteiger charge is 2.34. The first kappa shape index (κ1) is 28.2. The molecule has 0 bridgehead atoms. The highest BCUT2D eigenvalue weighted by Crippen LogP contribution is 2.34. The smallest absolute Gasteiger partial charge is 0.419 e. The molecule has 1 aliphatic heterocycles. The van der Waals surface area contributed by atoms with Crippen LogP contribution in [0.1, 0.15) is 27.8 Å². The van der Waals surface area contributed by atoms with Crippen molar-refractivity contribution in [3.05, 3.63) is 87.2 Å². The number of hydrogen-bond donors (Lipinski definition) is 1. The molecular formula is C28H25ClF4N2O4. The fourth-order valence-corrected chi connectivity index (χ4v) is 4.76. The molecule has 1 N–H and O–H groups in total. The van der Waals surface area contributed by atoms with Gasteiger partial charge in [0.2, 0.25) is 11.8 Å². The number of nitrogens with one attached hydrogen (secondary N) is 1. The molecule has 206 valence electrons. The average molecular weight is 565 g/mol. The van der Waals surface area contributed by atoms with Crippen molar-refractivity contribution in [1.82, 2.24) is 4.90 Å². The minimum Gasteiger partial charge on any atom is -0.497 e. The monoisotopic (exact) mass is 564 g/mol. The summed E-state index contributed by atoms with van der Waals surface area (Å²) >= 11 is 6.37. The van der Waals surface area contributed by atoms with Crippen molar-refractivity contribution in [3.63, 3.8) is 0 Å². The number of halogens is 5. The third kappa shape index (κ3) is 6.44. The van der Waals surface area contributed by atoms with Crippen LogP contribution in [0, 0.1) is 5.82 Å². The van der Waals surface area contributed by atoms with Gasteiger partial charge in [0.05, 0.1) is 43.3 Å². The summed E-state index contributed by atoms with van der Waals surface area (Å²) < 4.78 is 63.0. The first-order chi connectivity index (χ1) is 18.5. The molecule has 0 saturated carbocycles. The van der Waals surface area contributed by atoms with Crippen molar-refractivity contribution < 1.29 is 36.6 Å². The van der Waals surface area contributed by atoms with Crippen molar-refractivity contribution in [2.45, 2.75) is 32.0 Å². The lowest BCUT2D eigenvalue weighted by molar-refractivity contribution is -0.140. The van der Waals surface area contributed by atoms with Crippen molar-refractivity contribution in [3.8, 4) is 11.5 Å². The Morgan fingerprint density at radius 1 is 1.03 bits per heavy atom. The highest BCUT2D eigenvalue weighted by atomic mass is 35.5. The van der Waals surface area contributed by atoms with Gasteiger partial charge in [-0.3, -0.25) is 9.59 Å². The number of hydrogen-bond acceptors (Lipinski definition) is 4. The first-order valence-electron chi connectivity index (χ1n) is 11.9. The Morgan fingerprint density at radius 2 is 1.79 bits per heavy atom. The zero-order valence-corrected chi connectivity index (χ0v) is 21.9. The molecule has 11 heteroatoms. The number of rotatable bonds is 7. The molecule has 0 saturated heterocycles. The Labute approximate surface area is 227 Å². The molecule has 3 aromatic rings. The van der Waals surface area contributed by atoms with Crippen LogP contribution >= 0.6 is 11.6 Å². The number of carbonyl (C=O) groups is 2. The van der Waals surface area contributed by atoms with Gasteiger partial charge in [-0.15, -0.1) is 0 Å². The van der Waals surface area contributed by atoms with Crippen LogP contribution in [0.5, 0.6) is 11.5 Å². The van der Waals surface area contributed by atoms with Gasteiger partial charge < -0.3 is 19.7 Å². The third-order valence-corrected chi connectivity index (χ3v) is 6.82. The molecule has 0 aliphatic carbocycles. The Balaban J connectivity index is 1.46. The quantitative estimate of drug-likeness (QED) is 0.367. The number of ether oxygens (including phenoxy) is 2. The number of amides is 2. The second-order valence-corrected chi connectivity index (χ2v) is 9.42. The van der Waals surface area contributed by atoms with Gasteiger partial charge in [-0.05, 0) is 59.5 Å². The van der Waals surface area contributed by atoms with Crippen LogP contribution in [0.2, 0.25) is 5.02 Å². The van der Waals surface area contributed by atoms with Crippen molar-refractivity contribution in [2.24, 2.45) is 0 Å². The summed E-state index contributed by atoms with van der Waals surface area (Å²) in [5.74, 6) is -0.938. The Kier molecular flexibility index (Phi) is 8.34. The highest BCUT2D eigenvalue weighted by molar-refractivity contribution is 6.34. The van der Waals surface area contributed by atoms with Gasteiger partial charge in [0.15, 0.2) is 0 Å². The second-order valence-electron chi connectivity index (χ2n) is 9.02. The molecule has 0 spiro atoms. The van der Waals surface area contributed by atoms with E-state index in [0.717, 1.165) is 17.2 Å². The van der Waals surface area contributed by atoms with Gasteiger partial charge >= 0.3 is 6.18 Å². The molecular weight excluding hydrogens is 540 g/mol. The summed E-state index contributed by atoms with van der Waals surface area (Å²) in [6.07, 6.45) is -4.64. The number of alkyl halides is 3. The van der Waals surface area contributed by atoms with Crippen LogP contribution in [-0.4, -0.2) is 37.5 Å². The predicted octanol–water partition coefficient (Wildman–Crippen LogP) is 5.82. The van der Waals surface area contributed by atoms with E-state index in [1.807, 2.05) is 0 Å². The molecule has 0 radical (unpaired) electrons. The minimum atomic E-state index is -4.82. The van der Waals surface area contributed by atoms with Gasteiger partial charge in [-0.1, -0.05) is 23.7 Å². The predicted molar refractivity (Wildman–Crippen MR) is 138 cm³/mol. The SMILES string of the molecule is COc1ccc(OC)c(CC(=O)N2CCc3c(ccc(Cl)c3NC(=O)Cc3ccc(C(F)(F)F)c(F)c3)C2)c1. The van der Waals surface area contributed by atoms with E-state index >= 15 is 0 Å². The van der Waals surface area contributed by atoms with Gasteiger partial charge in [0.1, 0.15) is 17.3 Å². The van der Waals surface area contributed by atoms with E-state index in [-0.39, 0.29) is 29.3 Å². The Bertz CT molecular complexity index is 1410. The maximum atomic E-state index is 13.9. The lowest BCUT2D eigenvalue weighted by atomic mass is 9.96. The summed E-state index contributed by atoms with van der Waals surface area (Å²) in [6, 6.07) is 11.0. The van der Waals surface area contributed by atoms with Gasteiger partial charge in [-0.2, -0.15) is 13.2 Å². The summed E-state index contributed by atoms with van der Waals surface area (Å²) in [7, 11) is 3.07. The number of anilines is 1. The summed E-state index contributed by atoms with van der Waals surface area (Å²) in [5.41, 5.74) is 1.31. The number of nitrogens with zero attached hydrogens (tertiary/aromatic N) is 1. The lowest BCUT2D eigenvalue weighted by Gasteiger charge is -2.31. The van der Waals surface area contributed by atoms with Crippen LogP contribution in [0.3, 0.4) is 0 Å². The van der Waals surface area contributed by atoms with Crippen LogP contribution in [-0.2, 0) is 41.6 Å². The number of fused-ring (bicyclic) bond motifs is 1. The van der Waals surface area contributed by atoms with E-state index in [2.05, 4.69) is 5.32 Å². The van der Waals surface area contributed by atoms with Gasteiger partial charge in [0.25, 0.3) is 0 Å². The van der Waals surface area contributed by atoms with Crippen LogP contribution in [0.15, 0.2) is 48.5 Å². The molecule has 4 rings (SSSR count). The maximum absolute atomic E-state index is 13.9. The minimum absolute atomic E-state index is 0.0867. The number of methoxy groups -OCH3 is 2. The van der Waals surface area contributed by atoms with E-state index in [1.54, 1.807) is 35.2 Å².